The maximum atomic E-state index is 13.5. The summed E-state index contributed by atoms with van der Waals surface area (Å²) >= 11 is 6.09. The number of carbonyl (C=O) groups is 1. The van der Waals surface area contributed by atoms with E-state index in [-0.39, 0.29) is 5.91 Å². The van der Waals surface area contributed by atoms with E-state index >= 15 is 0 Å². The molecule has 4 rings (SSSR count). The lowest BCUT2D eigenvalue weighted by molar-refractivity contribution is 0.102. The lowest BCUT2D eigenvalue weighted by atomic mass is 9.96. The lowest BCUT2D eigenvalue weighted by Crippen LogP contribution is -2.37. The van der Waals surface area contributed by atoms with Crippen molar-refractivity contribution in [2.45, 2.75) is 19.8 Å². The summed E-state index contributed by atoms with van der Waals surface area (Å²) in [5, 5.41) is 3.70. The molecule has 1 fully saturated rings. The second-order valence-corrected chi connectivity index (χ2v) is 8.32. The molecule has 0 atom stereocenters. The summed E-state index contributed by atoms with van der Waals surface area (Å²) in [6, 6.07) is 17.4. The van der Waals surface area contributed by atoms with Gasteiger partial charge in [0.05, 0.1) is 36.3 Å². The van der Waals surface area contributed by atoms with Crippen LogP contribution in [0.3, 0.4) is 0 Å². The van der Waals surface area contributed by atoms with Crippen LogP contribution in [0.2, 0.25) is 5.02 Å². The predicted octanol–water partition coefficient (Wildman–Crippen LogP) is 5.61. The first-order valence-corrected chi connectivity index (χ1v) is 10.9. The third kappa shape index (κ3) is 4.89. The van der Waals surface area contributed by atoms with Gasteiger partial charge in [-0.15, -0.1) is 0 Å². The van der Waals surface area contributed by atoms with E-state index in [0.717, 1.165) is 35.6 Å². The standard InChI is InChI=1S/C25H26ClN3O2/c1-17(2)22-11-10-20(16-27-22)28-25(30)24-21(18-6-8-19(26)9-7-18)4-3-5-23(24)29-12-14-31-15-13-29/h3-11,16-17H,12-15H2,1-2H3,(H,28,30). The first-order valence-electron chi connectivity index (χ1n) is 10.5. The third-order valence-corrected chi connectivity index (χ3v) is 5.66. The van der Waals surface area contributed by atoms with E-state index < -0.39 is 0 Å². The molecule has 31 heavy (non-hydrogen) atoms. The van der Waals surface area contributed by atoms with Crippen LogP contribution in [0, 0.1) is 0 Å². The maximum Gasteiger partial charge on any atom is 0.258 e. The van der Waals surface area contributed by atoms with Gasteiger partial charge in [0.2, 0.25) is 0 Å². The molecule has 2 heterocycles. The minimum absolute atomic E-state index is 0.161. The Bertz CT molecular complexity index is 1040. The smallest absolute Gasteiger partial charge is 0.258 e. The summed E-state index contributed by atoms with van der Waals surface area (Å²) in [5.41, 5.74) is 5.02. The highest BCUT2D eigenvalue weighted by molar-refractivity contribution is 6.30. The van der Waals surface area contributed by atoms with Gasteiger partial charge >= 0.3 is 0 Å². The fourth-order valence-corrected chi connectivity index (χ4v) is 3.86. The summed E-state index contributed by atoms with van der Waals surface area (Å²) in [4.78, 5) is 20.2. The van der Waals surface area contributed by atoms with Crippen LogP contribution in [-0.2, 0) is 4.74 Å². The molecule has 0 spiro atoms. The summed E-state index contributed by atoms with van der Waals surface area (Å²) < 4.78 is 5.51. The van der Waals surface area contributed by atoms with Crippen molar-refractivity contribution in [1.82, 2.24) is 4.98 Å². The van der Waals surface area contributed by atoms with Crippen molar-refractivity contribution in [3.8, 4) is 11.1 Å². The number of hydrogen-bond donors (Lipinski definition) is 1. The molecule has 6 heteroatoms. The number of amides is 1. The number of hydrogen-bond acceptors (Lipinski definition) is 4. The van der Waals surface area contributed by atoms with E-state index in [4.69, 9.17) is 16.3 Å². The highest BCUT2D eigenvalue weighted by Gasteiger charge is 2.23. The highest BCUT2D eigenvalue weighted by atomic mass is 35.5. The van der Waals surface area contributed by atoms with Crippen molar-refractivity contribution >= 4 is 28.9 Å². The van der Waals surface area contributed by atoms with Crippen molar-refractivity contribution in [3.05, 3.63) is 77.1 Å². The van der Waals surface area contributed by atoms with Gasteiger partial charge in [0, 0.05) is 23.8 Å². The van der Waals surface area contributed by atoms with Gasteiger partial charge in [0.25, 0.3) is 5.91 Å². The number of morpholine rings is 1. The first-order chi connectivity index (χ1) is 15.0. The van der Waals surface area contributed by atoms with Crippen molar-refractivity contribution in [2.24, 2.45) is 0 Å². The Labute approximate surface area is 188 Å². The number of halogens is 1. The summed E-state index contributed by atoms with van der Waals surface area (Å²) in [5.74, 6) is 0.175. The molecule has 1 aliphatic heterocycles. The predicted molar refractivity (Wildman–Crippen MR) is 126 cm³/mol. The quantitative estimate of drug-likeness (QED) is 0.565. The fraction of sp³-hybridized carbons (Fsp3) is 0.280. The van der Waals surface area contributed by atoms with Gasteiger partial charge in [0.15, 0.2) is 0 Å². The van der Waals surface area contributed by atoms with E-state index in [1.54, 1.807) is 6.20 Å². The van der Waals surface area contributed by atoms with E-state index in [1.165, 1.54) is 0 Å². The Morgan fingerprint density at radius 2 is 1.81 bits per heavy atom. The molecule has 0 bridgehead atoms. The van der Waals surface area contributed by atoms with Crippen LogP contribution in [0.15, 0.2) is 60.8 Å². The van der Waals surface area contributed by atoms with Crippen molar-refractivity contribution in [1.29, 1.82) is 0 Å². The first kappa shape index (κ1) is 21.3. The number of pyridine rings is 1. The summed E-state index contributed by atoms with van der Waals surface area (Å²) in [7, 11) is 0. The molecule has 0 saturated carbocycles. The number of rotatable bonds is 5. The minimum Gasteiger partial charge on any atom is -0.378 e. The average molecular weight is 436 g/mol. The molecule has 5 nitrogen and oxygen atoms in total. The lowest BCUT2D eigenvalue weighted by Gasteiger charge is -2.31. The van der Waals surface area contributed by atoms with Crippen LogP contribution in [0.5, 0.6) is 0 Å². The van der Waals surface area contributed by atoms with Gasteiger partial charge in [-0.3, -0.25) is 9.78 Å². The number of anilines is 2. The molecular weight excluding hydrogens is 410 g/mol. The van der Waals surface area contributed by atoms with Gasteiger partial charge in [-0.05, 0) is 47.4 Å². The van der Waals surface area contributed by atoms with Crippen LogP contribution in [-0.4, -0.2) is 37.2 Å². The minimum atomic E-state index is -0.161. The molecular formula is C25H26ClN3O2. The molecule has 0 radical (unpaired) electrons. The second kappa shape index (κ2) is 9.50. The fourth-order valence-electron chi connectivity index (χ4n) is 3.73. The van der Waals surface area contributed by atoms with E-state index in [1.807, 2.05) is 54.6 Å². The molecule has 1 aromatic heterocycles. The molecule has 0 aliphatic carbocycles. The zero-order chi connectivity index (χ0) is 21.8. The van der Waals surface area contributed by atoms with E-state index in [2.05, 4.69) is 29.0 Å². The molecule has 1 saturated heterocycles. The number of benzene rings is 2. The Morgan fingerprint density at radius 3 is 2.45 bits per heavy atom. The normalized spacial score (nSPS) is 14.0. The molecule has 1 aliphatic rings. The summed E-state index contributed by atoms with van der Waals surface area (Å²) in [6.07, 6.45) is 1.71. The van der Waals surface area contributed by atoms with Crippen molar-refractivity contribution < 1.29 is 9.53 Å². The summed E-state index contributed by atoms with van der Waals surface area (Å²) in [6.45, 7) is 6.97. The zero-order valence-electron chi connectivity index (χ0n) is 17.8. The monoisotopic (exact) mass is 435 g/mol. The van der Waals surface area contributed by atoms with Gasteiger partial charge in [-0.25, -0.2) is 0 Å². The van der Waals surface area contributed by atoms with E-state index in [0.29, 0.717) is 35.4 Å². The van der Waals surface area contributed by atoms with Crippen LogP contribution < -0.4 is 10.2 Å². The van der Waals surface area contributed by atoms with E-state index in [9.17, 15) is 4.79 Å². The molecule has 1 amide bonds. The number of nitrogens with one attached hydrogen (secondary N) is 1. The van der Waals surface area contributed by atoms with Gasteiger partial charge < -0.3 is 15.0 Å². The Morgan fingerprint density at radius 1 is 1.06 bits per heavy atom. The van der Waals surface area contributed by atoms with Gasteiger partial charge in [-0.2, -0.15) is 0 Å². The van der Waals surface area contributed by atoms with Crippen molar-refractivity contribution in [2.75, 3.05) is 36.5 Å². The van der Waals surface area contributed by atoms with Crippen molar-refractivity contribution in [3.63, 3.8) is 0 Å². The number of carbonyl (C=O) groups excluding carboxylic acids is 1. The number of ether oxygens (including phenoxy) is 1. The van der Waals surface area contributed by atoms with Crippen LogP contribution >= 0.6 is 11.6 Å². The molecule has 160 valence electrons. The zero-order valence-corrected chi connectivity index (χ0v) is 18.5. The second-order valence-electron chi connectivity index (χ2n) is 7.89. The van der Waals surface area contributed by atoms with Gasteiger partial charge in [-0.1, -0.05) is 49.7 Å². The van der Waals surface area contributed by atoms with Crippen LogP contribution in [0.4, 0.5) is 11.4 Å². The average Bonchev–Trinajstić information content (AvgIpc) is 2.80. The number of nitrogens with zero attached hydrogens (tertiary/aromatic N) is 2. The maximum absolute atomic E-state index is 13.5. The molecule has 1 N–H and O–H groups in total. The Balaban J connectivity index is 1.73. The third-order valence-electron chi connectivity index (χ3n) is 5.41. The SMILES string of the molecule is CC(C)c1ccc(NC(=O)c2c(-c3ccc(Cl)cc3)cccc2N2CCOCC2)cn1. The topological polar surface area (TPSA) is 54.5 Å². The van der Waals surface area contributed by atoms with Crippen LogP contribution in [0.25, 0.3) is 11.1 Å². The Kier molecular flexibility index (Phi) is 6.54. The molecule has 3 aromatic rings. The largest absolute Gasteiger partial charge is 0.378 e. The highest BCUT2D eigenvalue weighted by Crippen LogP contribution is 2.33. The Hall–Kier alpha value is -2.89. The van der Waals surface area contributed by atoms with Gasteiger partial charge in [0.1, 0.15) is 0 Å². The number of aromatic nitrogens is 1. The molecule has 0 unspecified atom stereocenters. The molecule has 2 aromatic carbocycles. The van der Waals surface area contributed by atoms with Crippen LogP contribution in [0.1, 0.15) is 35.8 Å².